The van der Waals surface area contributed by atoms with Crippen molar-refractivity contribution in [1.29, 1.82) is 0 Å². The van der Waals surface area contributed by atoms with Crippen molar-refractivity contribution < 1.29 is 14.7 Å². The molecule has 1 heterocycles. The zero-order valence-corrected chi connectivity index (χ0v) is 10.9. The summed E-state index contributed by atoms with van der Waals surface area (Å²) in [6, 6.07) is -0.0904. The Labute approximate surface area is 108 Å². The average Bonchev–Trinajstić information content (AvgIpc) is 3.22. The van der Waals surface area contributed by atoms with Crippen LogP contribution in [0.3, 0.4) is 0 Å². The van der Waals surface area contributed by atoms with Gasteiger partial charge >= 0.3 is 0 Å². The van der Waals surface area contributed by atoms with E-state index in [9.17, 15) is 14.7 Å². The molecule has 102 valence electrons. The maximum Gasteiger partial charge on any atom is 0.223 e. The lowest BCUT2D eigenvalue weighted by molar-refractivity contribution is -0.134. The van der Waals surface area contributed by atoms with Crippen molar-refractivity contribution >= 4 is 11.8 Å². The lowest BCUT2D eigenvalue weighted by atomic mass is 9.92. The molecule has 2 amide bonds. The van der Waals surface area contributed by atoms with Crippen LogP contribution in [0.4, 0.5) is 0 Å². The highest BCUT2D eigenvalue weighted by Crippen LogP contribution is 2.29. The molecular weight excluding hydrogens is 232 g/mol. The molecule has 1 aliphatic carbocycles. The van der Waals surface area contributed by atoms with E-state index in [2.05, 4.69) is 5.32 Å². The summed E-state index contributed by atoms with van der Waals surface area (Å²) in [5.41, 5.74) is 0. The minimum atomic E-state index is -0.0904. The van der Waals surface area contributed by atoms with Gasteiger partial charge in [0.2, 0.25) is 11.8 Å². The molecule has 2 rings (SSSR count). The summed E-state index contributed by atoms with van der Waals surface area (Å²) in [4.78, 5) is 25.3. The fourth-order valence-corrected chi connectivity index (χ4v) is 2.48. The van der Waals surface area contributed by atoms with E-state index in [-0.39, 0.29) is 36.3 Å². The summed E-state index contributed by atoms with van der Waals surface area (Å²) < 4.78 is 0. The number of nitrogens with one attached hydrogen (secondary N) is 1. The number of hydrogen-bond acceptors (Lipinski definition) is 3. The van der Waals surface area contributed by atoms with Crippen LogP contribution >= 0.6 is 0 Å². The molecule has 2 aliphatic rings. The zero-order valence-electron chi connectivity index (χ0n) is 10.9. The van der Waals surface area contributed by atoms with Gasteiger partial charge in [0.05, 0.1) is 6.04 Å². The molecule has 0 aromatic carbocycles. The monoisotopic (exact) mass is 254 g/mol. The molecular formula is C13H22N2O3. The van der Waals surface area contributed by atoms with Gasteiger partial charge in [0, 0.05) is 38.0 Å². The second-order valence-corrected chi connectivity index (χ2v) is 5.31. The minimum absolute atomic E-state index is 0.0732. The largest absolute Gasteiger partial charge is 0.396 e. The van der Waals surface area contributed by atoms with Crippen molar-refractivity contribution in [2.24, 2.45) is 11.8 Å². The van der Waals surface area contributed by atoms with Crippen LogP contribution in [0.1, 0.15) is 32.6 Å². The number of carbonyl (C=O) groups excluding carboxylic acids is 2. The van der Waals surface area contributed by atoms with Gasteiger partial charge in [-0.2, -0.15) is 0 Å². The fraction of sp³-hybridized carbons (Fsp3) is 0.846. The van der Waals surface area contributed by atoms with E-state index in [1.54, 1.807) is 4.90 Å². The summed E-state index contributed by atoms with van der Waals surface area (Å²) >= 11 is 0. The number of nitrogens with zero attached hydrogens (tertiary/aromatic N) is 1. The molecule has 2 atom stereocenters. The van der Waals surface area contributed by atoms with E-state index in [0.29, 0.717) is 19.5 Å². The average molecular weight is 254 g/mol. The number of likely N-dealkylation sites (tertiary alicyclic amines) is 1. The maximum atomic E-state index is 11.8. The van der Waals surface area contributed by atoms with Crippen LogP contribution < -0.4 is 5.32 Å². The molecule has 0 aromatic rings. The van der Waals surface area contributed by atoms with Gasteiger partial charge in [0.25, 0.3) is 0 Å². The maximum absolute atomic E-state index is 11.8. The Bertz CT molecular complexity index is 328. The lowest BCUT2D eigenvalue weighted by Crippen LogP contribution is -2.55. The van der Waals surface area contributed by atoms with E-state index in [4.69, 9.17) is 0 Å². The van der Waals surface area contributed by atoms with Crippen LogP contribution in [0.5, 0.6) is 0 Å². The van der Waals surface area contributed by atoms with Crippen molar-refractivity contribution in [3.8, 4) is 0 Å². The molecule has 0 bridgehead atoms. The SMILES string of the molecule is CCC(=O)N1CC[C@H](CO)[C@H](NC(=O)C2CC2)C1. The first kappa shape index (κ1) is 13.3. The molecule has 1 saturated carbocycles. The van der Waals surface area contributed by atoms with Crippen molar-refractivity contribution in [1.82, 2.24) is 10.2 Å². The van der Waals surface area contributed by atoms with Gasteiger partial charge in [0.15, 0.2) is 0 Å². The first-order valence-corrected chi connectivity index (χ1v) is 6.84. The lowest BCUT2D eigenvalue weighted by Gasteiger charge is -2.38. The van der Waals surface area contributed by atoms with E-state index >= 15 is 0 Å². The molecule has 18 heavy (non-hydrogen) atoms. The molecule has 1 saturated heterocycles. The Morgan fingerprint density at radius 3 is 2.61 bits per heavy atom. The molecule has 2 fully saturated rings. The number of hydrogen-bond donors (Lipinski definition) is 2. The summed E-state index contributed by atoms with van der Waals surface area (Å²) in [6.07, 6.45) is 3.20. The van der Waals surface area contributed by atoms with Crippen LogP contribution in [0.25, 0.3) is 0 Å². The normalized spacial score (nSPS) is 28.0. The van der Waals surface area contributed by atoms with Crippen molar-refractivity contribution in [3.63, 3.8) is 0 Å². The quantitative estimate of drug-likeness (QED) is 0.749. The second kappa shape index (κ2) is 5.69. The fourth-order valence-electron chi connectivity index (χ4n) is 2.48. The molecule has 0 aromatic heterocycles. The van der Waals surface area contributed by atoms with Crippen LogP contribution in [0.15, 0.2) is 0 Å². The van der Waals surface area contributed by atoms with Crippen LogP contribution in [0, 0.1) is 11.8 Å². The second-order valence-electron chi connectivity index (χ2n) is 5.31. The number of aliphatic hydroxyl groups excluding tert-OH is 1. The van der Waals surface area contributed by atoms with E-state index in [0.717, 1.165) is 19.3 Å². The summed E-state index contributed by atoms with van der Waals surface area (Å²) in [6.45, 7) is 3.14. The molecule has 5 heteroatoms. The van der Waals surface area contributed by atoms with Gasteiger partial charge in [-0.15, -0.1) is 0 Å². The third-order valence-electron chi connectivity index (χ3n) is 3.92. The molecule has 0 radical (unpaired) electrons. The topological polar surface area (TPSA) is 69.6 Å². The predicted molar refractivity (Wildman–Crippen MR) is 66.7 cm³/mol. The summed E-state index contributed by atoms with van der Waals surface area (Å²) in [7, 11) is 0. The van der Waals surface area contributed by atoms with E-state index < -0.39 is 0 Å². The summed E-state index contributed by atoms with van der Waals surface area (Å²) in [5, 5.41) is 12.4. The number of piperidine rings is 1. The van der Waals surface area contributed by atoms with Crippen LogP contribution in [-0.4, -0.2) is 47.6 Å². The Balaban J connectivity index is 1.93. The van der Waals surface area contributed by atoms with E-state index in [1.807, 2.05) is 6.92 Å². The minimum Gasteiger partial charge on any atom is -0.396 e. The number of aliphatic hydroxyl groups is 1. The Hall–Kier alpha value is -1.10. The number of rotatable bonds is 4. The van der Waals surface area contributed by atoms with Gasteiger partial charge in [-0.25, -0.2) is 0 Å². The van der Waals surface area contributed by atoms with Crippen molar-refractivity contribution in [2.75, 3.05) is 19.7 Å². The highest BCUT2D eigenvalue weighted by molar-refractivity contribution is 5.81. The molecule has 0 unspecified atom stereocenters. The zero-order chi connectivity index (χ0) is 13.1. The first-order chi connectivity index (χ1) is 8.65. The van der Waals surface area contributed by atoms with Crippen molar-refractivity contribution in [3.05, 3.63) is 0 Å². The number of amides is 2. The van der Waals surface area contributed by atoms with Gasteiger partial charge < -0.3 is 15.3 Å². The van der Waals surface area contributed by atoms with E-state index in [1.165, 1.54) is 0 Å². The van der Waals surface area contributed by atoms with Crippen LogP contribution in [0.2, 0.25) is 0 Å². The Morgan fingerprint density at radius 1 is 1.33 bits per heavy atom. The Kier molecular flexibility index (Phi) is 4.22. The number of carbonyl (C=O) groups is 2. The van der Waals surface area contributed by atoms with Gasteiger partial charge in [0.1, 0.15) is 0 Å². The van der Waals surface area contributed by atoms with Crippen molar-refractivity contribution in [2.45, 2.75) is 38.6 Å². The van der Waals surface area contributed by atoms with Crippen LogP contribution in [-0.2, 0) is 9.59 Å². The third kappa shape index (κ3) is 3.02. The smallest absolute Gasteiger partial charge is 0.223 e. The third-order valence-corrected chi connectivity index (χ3v) is 3.92. The van der Waals surface area contributed by atoms with Gasteiger partial charge in [-0.3, -0.25) is 9.59 Å². The highest BCUT2D eigenvalue weighted by Gasteiger charge is 2.35. The highest BCUT2D eigenvalue weighted by atomic mass is 16.3. The molecule has 2 N–H and O–H groups in total. The standard InChI is InChI=1S/C13H22N2O3/c1-2-12(17)15-6-5-10(8-16)11(7-15)14-13(18)9-3-4-9/h9-11,16H,2-8H2,1H3,(H,14,18)/t10-,11-/m1/s1. The first-order valence-electron chi connectivity index (χ1n) is 6.84. The molecule has 0 spiro atoms. The predicted octanol–water partition coefficient (Wildman–Crippen LogP) is 0.132. The van der Waals surface area contributed by atoms with Gasteiger partial charge in [-0.05, 0) is 19.3 Å². The molecule has 1 aliphatic heterocycles. The summed E-state index contributed by atoms with van der Waals surface area (Å²) in [5.74, 6) is 0.455. The van der Waals surface area contributed by atoms with Gasteiger partial charge in [-0.1, -0.05) is 6.92 Å². The Morgan fingerprint density at radius 2 is 2.06 bits per heavy atom. The molecule has 5 nitrogen and oxygen atoms in total.